The number of likely N-dealkylation sites (tertiary alicyclic amines) is 1. The van der Waals surface area contributed by atoms with E-state index >= 15 is 4.39 Å². The fourth-order valence-electron chi connectivity index (χ4n) is 5.91. The molecule has 1 aliphatic rings. The normalized spacial score (nSPS) is 15.5. The number of hydrogen-bond acceptors (Lipinski definition) is 8. The van der Waals surface area contributed by atoms with Gasteiger partial charge >= 0.3 is 6.09 Å². The zero-order valence-corrected chi connectivity index (χ0v) is 26.8. The molecule has 1 aromatic heterocycles. The van der Waals surface area contributed by atoms with E-state index in [4.69, 9.17) is 10.5 Å². The van der Waals surface area contributed by atoms with E-state index in [0.717, 1.165) is 15.7 Å². The number of nitrogens with two attached hydrogens (primary N) is 1. The fraction of sp³-hybridized carbons (Fsp3) is 0.303. The van der Waals surface area contributed by atoms with Gasteiger partial charge in [-0.25, -0.2) is 22.6 Å². The molecule has 1 aliphatic heterocycles. The first-order valence-corrected chi connectivity index (χ1v) is 16.4. The van der Waals surface area contributed by atoms with E-state index in [0.29, 0.717) is 41.2 Å². The quantitative estimate of drug-likeness (QED) is 0.207. The Morgan fingerprint density at radius 1 is 1.20 bits per heavy atom. The van der Waals surface area contributed by atoms with Gasteiger partial charge in [0.15, 0.2) is 9.84 Å². The lowest BCUT2D eigenvalue weighted by Gasteiger charge is -2.32. The Hall–Kier alpha value is -4.91. The fourth-order valence-corrected chi connectivity index (χ4v) is 7.05. The van der Waals surface area contributed by atoms with E-state index in [1.807, 2.05) is 0 Å². The molecule has 5 rings (SSSR count). The number of nitrogen functional groups attached to an aromatic ring is 1. The van der Waals surface area contributed by atoms with Gasteiger partial charge in [-0.2, -0.15) is 0 Å². The van der Waals surface area contributed by atoms with Crippen molar-refractivity contribution < 1.29 is 32.2 Å². The summed E-state index contributed by atoms with van der Waals surface area (Å²) in [7, 11) is -0.939. The lowest BCUT2D eigenvalue weighted by atomic mass is 9.99. The number of ether oxygens (including phenoxy) is 1. The molecule has 11 nitrogen and oxygen atoms in total. The summed E-state index contributed by atoms with van der Waals surface area (Å²) >= 11 is 0. The highest BCUT2D eigenvalue weighted by Crippen LogP contribution is 2.41. The van der Waals surface area contributed by atoms with Gasteiger partial charge in [0.25, 0.3) is 0 Å². The smallest absolute Gasteiger partial charge is 0.411 e. The minimum absolute atomic E-state index is 0.0238. The Morgan fingerprint density at radius 3 is 2.65 bits per heavy atom. The van der Waals surface area contributed by atoms with Crippen LogP contribution in [0.2, 0.25) is 0 Å². The molecule has 4 aromatic rings. The van der Waals surface area contributed by atoms with Crippen LogP contribution in [0.3, 0.4) is 0 Å². The summed E-state index contributed by atoms with van der Waals surface area (Å²) < 4.78 is 47.7. The largest absolute Gasteiger partial charge is 0.496 e. The molecule has 0 aliphatic carbocycles. The predicted molar refractivity (Wildman–Crippen MR) is 174 cm³/mol. The molecule has 13 heteroatoms. The molecule has 2 atom stereocenters. The summed E-state index contributed by atoms with van der Waals surface area (Å²) in [6.45, 7) is 3.50. The number of aryl methyl sites for hydroxylation is 1. The van der Waals surface area contributed by atoms with Crippen LogP contribution in [0.25, 0.3) is 10.8 Å². The topological polar surface area (TPSA) is 155 Å². The Kier molecular flexibility index (Phi) is 9.06. The number of hydrogen-bond donors (Lipinski definition) is 3. The highest BCUT2D eigenvalue weighted by molar-refractivity contribution is 7.91. The second-order valence-electron chi connectivity index (χ2n) is 11.2. The van der Waals surface area contributed by atoms with Gasteiger partial charge < -0.3 is 25.8 Å². The monoisotopic (exact) mass is 649 g/mol. The zero-order valence-electron chi connectivity index (χ0n) is 26.0. The van der Waals surface area contributed by atoms with Crippen molar-refractivity contribution in [1.82, 2.24) is 9.88 Å². The summed E-state index contributed by atoms with van der Waals surface area (Å²) in [4.78, 5) is 33.0. The number of nitrogens with one attached hydrogen (secondary N) is 1. The third kappa shape index (κ3) is 6.14. The van der Waals surface area contributed by atoms with Crippen molar-refractivity contribution in [1.29, 1.82) is 0 Å². The molecule has 0 radical (unpaired) electrons. The number of aromatic nitrogens is 1. The van der Waals surface area contributed by atoms with Crippen molar-refractivity contribution in [3.8, 4) is 5.75 Å². The first-order valence-electron chi connectivity index (χ1n) is 14.7. The Balaban J connectivity index is 1.63. The third-order valence-electron chi connectivity index (χ3n) is 8.46. The van der Waals surface area contributed by atoms with Crippen molar-refractivity contribution in [2.24, 2.45) is 0 Å². The van der Waals surface area contributed by atoms with Gasteiger partial charge in [-0.15, -0.1) is 0 Å². The van der Waals surface area contributed by atoms with E-state index in [9.17, 15) is 23.1 Å². The molecule has 2 heterocycles. The van der Waals surface area contributed by atoms with Gasteiger partial charge in [-0.1, -0.05) is 6.92 Å². The highest BCUT2D eigenvalue weighted by atomic mass is 32.2. The maximum Gasteiger partial charge on any atom is 0.411 e. The number of nitrogens with zero attached hydrogens (tertiary/aromatic N) is 3. The van der Waals surface area contributed by atoms with Gasteiger partial charge in [0, 0.05) is 42.1 Å². The summed E-state index contributed by atoms with van der Waals surface area (Å²) in [5.74, 6) is -0.548. The second kappa shape index (κ2) is 12.8. The second-order valence-corrected chi connectivity index (χ2v) is 13.5. The standard InChI is InChI=1S/C33H36FN5O6S/c1-5-46(43,44)29-11-9-22(38(3)33(41)42)17-25(29)27-7-6-14-39(27)32(40)30(24-18-28(45-4)19(2)15-26(24)34)37-21-8-10-23-20(16-21)12-13-36-31(23)35/h8-13,15-18,27,30,37H,5-7,14H2,1-4H3,(H2,35,36)(H,41,42)/t27-,30+/m1/s1. The SMILES string of the molecule is CCS(=O)(=O)c1ccc(N(C)C(=O)O)cc1[C@H]1CCCN1C(=O)[C@@H](Nc1ccc2c(N)nccc2c1)c1cc(OC)c(C)cc1F. The minimum atomic E-state index is -3.76. The molecular formula is C33H36FN5O6S. The van der Waals surface area contributed by atoms with Crippen LogP contribution < -0.4 is 20.7 Å². The van der Waals surface area contributed by atoms with Crippen molar-refractivity contribution in [3.05, 3.63) is 83.3 Å². The van der Waals surface area contributed by atoms with Gasteiger partial charge in [0.1, 0.15) is 23.4 Å². The number of rotatable bonds is 9. The molecule has 4 N–H and O–H groups in total. The van der Waals surface area contributed by atoms with Crippen LogP contribution in [0.1, 0.15) is 48.5 Å². The number of fused-ring (bicyclic) bond motifs is 1. The molecule has 1 saturated heterocycles. The number of carbonyl (C=O) groups is 2. The van der Waals surface area contributed by atoms with E-state index in [1.54, 1.807) is 42.3 Å². The molecule has 242 valence electrons. The Bertz CT molecular complexity index is 1940. The number of methoxy groups -OCH3 is 1. The lowest BCUT2D eigenvalue weighted by molar-refractivity contribution is -0.133. The van der Waals surface area contributed by atoms with Crippen LogP contribution in [0.5, 0.6) is 5.75 Å². The molecule has 3 aromatic carbocycles. The van der Waals surface area contributed by atoms with Crippen LogP contribution in [0.15, 0.2) is 65.7 Å². The molecule has 0 spiro atoms. The highest BCUT2D eigenvalue weighted by Gasteiger charge is 2.38. The number of anilines is 3. The van der Waals surface area contributed by atoms with Gasteiger partial charge in [-0.05, 0) is 90.9 Å². The first kappa shape index (κ1) is 32.5. The van der Waals surface area contributed by atoms with Crippen LogP contribution in [0, 0.1) is 12.7 Å². The number of carbonyl (C=O) groups excluding carboxylic acids is 1. The number of amides is 2. The molecule has 0 saturated carbocycles. The van der Waals surface area contributed by atoms with Crippen LogP contribution in [0.4, 0.5) is 26.4 Å². The summed E-state index contributed by atoms with van der Waals surface area (Å²) in [6, 6.07) is 12.2. The molecule has 0 bridgehead atoms. The molecular weight excluding hydrogens is 613 g/mol. The molecule has 46 heavy (non-hydrogen) atoms. The van der Waals surface area contributed by atoms with Crippen LogP contribution in [-0.2, 0) is 14.6 Å². The average molecular weight is 650 g/mol. The Labute approximate surface area is 266 Å². The number of sulfone groups is 1. The third-order valence-corrected chi connectivity index (χ3v) is 10.3. The van der Waals surface area contributed by atoms with E-state index in [-0.39, 0.29) is 28.4 Å². The van der Waals surface area contributed by atoms with Crippen LogP contribution >= 0.6 is 0 Å². The maximum atomic E-state index is 15.7. The van der Waals surface area contributed by atoms with Gasteiger partial charge in [-0.3, -0.25) is 9.69 Å². The van der Waals surface area contributed by atoms with Crippen LogP contribution in [-0.4, -0.2) is 61.9 Å². The van der Waals surface area contributed by atoms with E-state index in [1.165, 1.54) is 51.4 Å². The summed E-state index contributed by atoms with van der Waals surface area (Å²) in [5, 5.41) is 14.3. The lowest BCUT2D eigenvalue weighted by Crippen LogP contribution is -2.38. The number of benzene rings is 3. The number of pyridine rings is 1. The van der Waals surface area contributed by atoms with E-state index < -0.39 is 39.7 Å². The average Bonchev–Trinajstić information content (AvgIpc) is 3.53. The van der Waals surface area contributed by atoms with Crippen molar-refractivity contribution in [3.63, 3.8) is 0 Å². The molecule has 0 unspecified atom stereocenters. The summed E-state index contributed by atoms with van der Waals surface area (Å²) in [5.41, 5.74) is 7.72. The predicted octanol–water partition coefficient (Wildman–Crippen LogP) is 5.70. The van der Waals surface area contributed by atoms with Gasteiger partial charge in [0.05, 0.1) is 23.8 Å². The number of halogens is 1. The number of carboxylic acid groups (broad SMARTS) is 1. The van der Waals surface area contributed by atoms with E-state index in [2.05, 4.69) is 10.3 Å². The zero-order chi connectivity index (χ0) is 33.3. The van der Waals surface area contributed by atoms with Gasteiger partial charge in [0.2, 0.25) is 5.91 Å². The Morgan fingerprint density at radius 2 is 1.96 bits per heavy atom. The molecule has 1 fully saturated rings. The van der Waals surface area contributed by atoms with Crippen molar-refractivity contribution in [2.75, 3.05) is 42.4 Å². The summed E-state index contributed by atoms with van der Waals surface area (Å²) in [6.07, 6.45) is 1.32. The minimum Gasteiger partial charge on any atom is -0.496 e. The van der Waals surface area contributed by atoms with Crippen molar-refractivity contribution >= 4 is 49.8 Å². The van der Waals surface area contributed by atoms with Crippen molar-refractivity contribution in [2.45, 2.75) is 43.7 Å². The first-order chi connectivity index (χ1) is 21.9. The molecule has 2 amide bonds. The maximum absolute atomic E-state index is 15.7.